The number of nitrogens with one attached hydrogen (secondary N) is 1. The highest BCUT2D eigenvalue weighted by Crippen LogP contribution is 2.21. The third-order valence-electron chi connectivity index (χ3n) is 1.67. The molecule has 0 aliphatic heterocycles. The van der Waals surface area contributed by atoms with Gasteiger partial charge in [0, 0.05) is 4.88 Å². The number of hydrogen-bond donors (Lipinski definition) is 2. The van der Waals surface area contributed by atoms with Crippen LogP contribution in [-0.2, 0) is 6.42 Å². The Morgan fingerprint density at radius 1 is 1.75 bits per heavy atom. The Hall–Kier alpha value is -0.870. The number of carbonyl (C=O) groups excluding carboxylic acids is 1. The highest BCUT2D eigenvalue weighted by molar-refractivity contribution is 7.14. The van der Waals surface area contributed by atoms with Crippen molar-refractivity contribution in [3.05, 3.63) is 21.4 Å². The van der Waals surface area contributed by atoms with Gasteiger partial charge >= 0.3 is 0 Å². The number of amides is 1. The smallest absolute Gasteiger partial charge is 0.284 e. The van der Waals surface area contributed by atoms with Gasteiger partial charge in [0.05, 0.1) is 4.88 Å². The molecule has 3 nitrogen and oxygen atoms in total. The summed E-state index contributed by atoms with van der Waals surface area (Å²) in [7, 11) is 0. The van der Waals surface area contributed by atoms with E-state index in [9.17, 15) is 4.79 Å². The number of hydrogen-bond acceptors (Lipinski definition) is 3. The van der Waals surface area contributed by atoms with Crippen LogP contribution in [0.1, 0.15) is 27.0 Å². The average Bonchev–Trinajstić information content (AvgIpc) is 2.45. The lowest BCUT2D eigenvalue weighted by Gasteiger charge is -1.90. The maximum Gasteiger partial charge on any atom is 0.284 e. The molecule has 1 aromatic heterocycles. The van der Waals surface area contributed by atoms with E-state index in [4.69, 9.17) is 5.21 Å². The predicted octanol–water partition coefficient (Wildman–Crippen LogP) is 1.74. The molecule has 0 spiro atoms. The minimum Gasteiger partial charge on any atom is -0.288 e. The molecule has 0 saturated carbocycles. The van der Waals surface area contributed by atoms with Crippen LogP contribution in [0.4, 0.5) is 0 Å². The second-order valence-electron chi connectivity index (χ2n) is 2.51. The summed E-state index contributed by atoms with van der Waals surface area (Å²) in [4.78, 5) is 12.7. The summed E-state index contributed by atoms with van der Waals surface area (Å²) in [6.07, 6.45) is 0.926. The second-order valence-corrected chi connectivity index (χ2v) is 3.65. The van der Waals surface area contributed by atoms with Crippen LogP contribution < -0.4 is 5.48 Å². The van der Waals surface area contributed by atoms with Crippen LogP contribution in [0, 0.1) is 6.92 Å². The molecule has 0 saturated heterocycles. The first kappa shape index (κ1) is 9.22. The molecule has 4 heteroatoms. The number of carbonyl (C=O) groups is 1. The molecule has 0 radical (unpaired) electrons. The Morgan fingerprint density at radius 2 is 2.42 bits per heavy atom. The van der Waals surface area contributed by atoms with Crippen LogP contribution in [0.25, 0.3) is 0 Å². The van der Waals surface area contributed by atoms with E-state index in [0.29, 0.717) is 4.88 Å². The molecule has 0 aliphatic carbocycles. The van der Waals surface area contributed by atoms with Gasteiger partial charge in [-0.05, 0) is 25.0 Å². The standard InChI is InChI=1S/C8H11NO2S/c1-3-6-5(2)4-7(12-6)8(10)9-11/h4,11H,3H2,1-2H3,(H,9,10). The predicted molar refractivity (Wildman–Crippen MR) is 47.7 cm³/mol. The lowest BCUT2D eigenvalue weighted by Crippen LogP contribution is -2.16. The Labute approximate surface area is 75.0 Å². The van der Waals surface area contributed by atoms with E-state index in [1.165, 1.54) is 16.2 Å². The van der Waals surface area contributed by atoms with Crippen molar-refractivity contribution in [3.8, 4) is 0 Å². The number of aryl methyl sites for hydroxylation is 2. The Morgan fingerprint density at radius 3 is 2.83 bits per heavy atom. The molecule has 1 heterocycles. The molecule has 1 rings (SSSR count). The van der Waals surface area contributed by atoms with Crippen molar-refractivity contribution in [2.45, 2.75) is 20.3 Å². The maximum atomic E-state index is 10.9. The van der Waals surface area contributed by atoms with Crippen LogP contribution >= 0.6 is 11.3 Å². The minimum atomic E-state index is -0.428. The van der Waals surface area contributed by atoms with E-state index in [2.05, 4.69) is 0 Å². The summed E-state index contributed by atoms with van der Waals surface area (Å²) in [6, 6.07) is 1.79. The van der Waals surface area contributed by atoms with Gasteiger partial charge < -0.3 is 0 Å². The molecule has 0 bridgehead atoms. The fraction of sp³-hybridized carbons (Fsp3) is 0.375. The van der Waals surface area contributed by atoms with Gasteiger partial charge in [-0.3, -0.25) is 10.0 Å². The lowest BCUT2D eigenvalue weighted by molar-refractivity contribution is 0.0711. The highest BCUT2D eigenvalue weighted by Gasteiger charge is 2.09. The molecule has 0 unspecified atom stereocenters. The summed E-state index contributed by atoms with van der Waals surface area (Å²) >= 11 is 1.42. The zero-order chi connectivity index (χ0) is 9.14. The molecule has 0 aliphatic rings. The van der Waals surface area contributed by atoms with Gasteiger partial charge in [-0.1, -0.05) is 6.92 Å². The molecule has 0 fully saturated rings. The van der Waals surface area contributed by atoms with E-state index in [-0.39, 0.29) is 0 Å². The Kier molecular flexibility index (Phi) is 2.83. The first-order chi connectivity index (χ1) is 5.69. The van der Waals surface area contributed by atoms with Gasteiger partial charge in [0.1, 0.15) is 0 Å². The zero-order valence-corrected chi connectivity index (χ0v) is 7.86. The Balaban J connectivity index is 2.96. The Bertz CT molecular complexity index is 293. The molecular weight excluding hydrogens is 174 g/mol. The van der Waals surface area contributed by atoms with Crippen molar-refractivity contribution in [1.82, 2.24) is 5.48 Å². The van der Waals surface area contributed by atoms with Gasteiger partial charge in [0.2, 0.25) is 0 Å². The number of thiophene rings is 1. The van der Waals surface area contributed by atoms with Gasteiger partial charge in [-0.25, -0.2) is 5.48 Å². The van der Waals surface area contributed by atoms with Crippen molar-refractivity contribution in [2.24, 2.45) is 0 Å². The van der Waals surface area contributed by atoms with E-state index >= 15 is 0 Å². The van der Waals surface area contributed by atoms with E-state index in [1.54, 1.807) is 11.5 Å². The van der Waals surface area contributed by atoms with Gasteiger partial charge in [0.25, 0.3) is 5.91 Å². The number of rotatable bonds is 2. The second kappa shape index (κ2) is 3.69. The first-order valence-corrected chi connectivity index (χ1v) is 4.54. The maximum absolute atomic E-state index is 10.9. The van der Waals surface area contributed by atoms with Gasteiger partial charge in [-0.2, -0.15) is 0 Å². The normalized spacial score (nSPS) is 9.92. The summed E-state index contributed by atoms with van der Waals surface area (Å²) < 4.78 is 0. The van der Waals surface area contributed by atoms with Crippen molar-refractivity contribution >= 4 is 17.2 Å². The fourth-order valence-electron chi connectivity index (χ4n) is 1.04. The quantitative estimate of drug-likeness (QED) is 0.544. The third kappa shape index (κ3) is 1.65. The number of hydroxylamine groups is 1. The molecule has 1 amide bonds. The average molecular weight is 185 g/mol. The zero-order valence-electron chi connectivity index (χ0n) is 7.05. The molecule has 1 aromatic rings. The van der Waals surface area contributed by atoms with Crippen LogP contribution in [0.2, 0.25) is 0 Å². The van der Waals surface area contributed by atoms with Crippen LogP contribution in [0.5, 0.6) is 0 Å². The first-order valence-electron chi connectivity index (χ1n) is 3.72. The van der Waals surface area contributed by atoms with Gasteiger partial charge in [-0.15, -0.1) is 11.3 Å². The molecule has 12 heavy (non-hydrogen) atoms. The van der Waals surface area contributed by atoms with Crippen LogP contribution in [0.3, 0.4) is 0 Å². The molecule has 2 N–H and O–H groups in total. The van der Waals surface area contributed by atoms with Crippen LogP contribution in [-0.4, -0.2) is 11.1 Å². The largest absolute Gasteiger partial charge is 0.288 e. The highest BCUT2D eigenvalue weighted by atomic mass is 32.1. The fourth-order valence-corrected chi connectivity index (χ4v) is 2.04. The van der Waals surface area contributed by atoms with E-state index in [0.717, 1.165) is 12.0 Å². The molecule has 0 atom stereocenters. The van der Waals surface area contributed by atoms with Crippen molar-refractivity contribution in [1.29, 1.82) is 0 Å². The van der Waals surface area contributed by atoms with Crippen LogP contribution in [0.15, 0.2) is 6.07 Å². The van der Waals surface area contributed by atoms with Crippen molar-refractivity contribution in [3.63, 3.8) is 0 Å². The van der Waals surface area contributed by atoms with Crippen molar-refractivity contribution < 1.29 is 10.0 Å². The SMILES string of the molecule is CCc1sc(C(=O)NO)cc1C. The molecular formula is C8H11NO2S. The topological polar surface area (TPSA) is 49.3 Å². The summed E-state index contributed by atoms with van der Waals surface area (Å²) in [5.74, 6) is -0.428. The lowest BCUT2D eigenvalue weighted by atomic mass is 10.2. The molecule has 0 aromatic carbocycles. The summed E-state index contributed by atoms with van der Waals surface area (Å²) in [5.41, 5.74) is 2.73. The van der Waals surface area contributed by atoms with E-state index in [1.807, 2.05) is 13.8 Å². The summed E-state index contributed by atoms with van der Waals surface area (Å²) in [5, 5.41) is 8.37. The monoisotopic (exact) mass is 185 g/mol. The van der Waals surface area contributed by atoms with E-state index < -0.39 is 5.91 Å². The summed E-state index contributed by atoms with van der Waals surface area (Å²) in [6.45, 7) is 4.00. The van der Waals surface area contributed by atoms with Crippen molar-refractivity contribution in [2.75, 3.05) is 0 Å². The molecule has 66 valence electrons. The minimum absolute atomic E-state index is 0.428. The third-order valence-corrected chi connectivity index (χ3v) is 3.05. The van der Waals surface area contributed by atoms with Gasteiger partial charge in [0.15, 0.2) is 0 Å².